The Bertz CT molecular complexity index is 543. The van der Waals surface area contributed by atoms with E-state index in [9.17, 15) is 5.21 Å². The van der Waals surface area contributed by atoms with Crippen LogP contribution in [0.25, 0.3) is 0 Å². The maximum absolute atomic E-state index is 9.80. The van der Waals surface area contributed by atoms with Crippen LogP contribution in [0.2, 0.25) is 0 Å². The number of unbranched alkanes of at least 4 members (excludes halogenated alkanes) is 12. The van der Waals surface area contributed by atoms with Crippen LogP contribution in [0.3, 0.4) is 0 Å². The number of nitrogen functional groups attached to an aromatic ring is 1. The van der Waals surface area contributed by atoms with Gasteiger partial charge in [0.25, 0.3) is 0 Å². The van der Waals surface area contributed by atoms with Gasteiger partial charge in [-0.15, -0.1) is 4.73 Å². The van der Waals surface area contributed by atoms with E-state index in [0.29, 0.717) is 17.9 Å². The Balaban J connectivity index is 2.04. The molecule has 0 aromatic carbocycles. The number of nitrogens with two attached hydrogens (primary N) is 1. The number of ether oxygens (including phenoxy) is 1. The predicted molar refractivity (Wildman–Crippen MR) is 107 cm³/mol. The molecule has 0 radical (unpaired) electrons. The highest BCUT2D eigenvalue weighted by Crippen LogP contribution is 2.12. The molecule has 0 atom stereocenters. The van der Waals surface area contributed by atoms with Gasteiger partial charge in [-0.2, -0.15) is 4.98 Å². The van der Waals surface area contributed by atoms with Gasteiger partial charge in [-0.3, -0.25) is 4.99 Å². The van der Waals surface area contributed by atoms with Gasteiger partial charge in [0.15, 0.2) is 5.49 Å². The van der Waals surface area contributed by atoms with Crippen LogP contribution in [0.1, 0.15) is 90.4 Å². The second kappa shape index (κ2) is 14.4. The molecule has 0 unspecified atom stereocenters. The van der Waals surface area contributed by atoms with E-state index in [4.69, 9.17) is 10.5 Å². The van der Waals surface area contributed by atoms with Crippen molar-refractivity contribution in [1.82, 2.24) is 9.71 Å². The Morgan fingerprint density at radius 1 is 0.962 bits per heavy atom. The Kier molecular flexibility index (Phi) is 12.4. The maximum Gasteiger partial charge on any atom is 0.239 e. The molecule has 3 N–H and O–H groups in total. The highest BCUT2D eigenvalue weighted by atomic mass is 16.5. The fraction of sp³-hybridized carbons (Fsp3) is 0.800. The minimum absolute atomic E-state index is 0.0199. The molecule has 1 aromatic rings. The van der Waals surface area contributed by atoms with E-state index < -0.39 is 0 Å². The lowest BCUT2D eigenvalue weighted by Crippen LogP contribution is -2.23. The average Bonchev–Trinajstić information content (AvgIpc) is 2.65. The first-order valence-electron chi connectivity index (χ1n) is 10.3. The van der Waals surface area contributed by atoms with Crippen molar-refractivity contribution in [3.05, 3.63) is 11.6 Å². The molecule has 26 heavy (non-hydrogen) atoms. The predicted octanol–water partition coefficient (Wildman–Crippen LogP) is 4.70. The van der Waals surface area contributed by atoms with Gasteiger partial charge in [0.05, 0.1) is 7.11 Å². The van der Waals surface area contributed by atoms with Crippen LogP contribution >= 0.6 is 0 Å². The highest BCUT2D eigenvalue weighted by Gasteiger charge is 2.02. The topological polar surface area (TPSA) is 85.7 Å². The third-order valence-electron chi connectivity index (χ3n) is 4.66. The van der Waals surface area contributed by atoms with Crippen molar-refractivity contribution < 1.29 is 9.94 Å². The molecule has 0 spiro atoms. The summed E-state index contributed by atoms with van der Waals surface area (Å²) in [4.78, 5) is 8.26. The fourth-order valence-electron chi connectivity index (χ4n) is 3.02. The standard InChI is InChI=1S/C20H38N4O2/c1-3-4-5-6-7-8-9-10-11-12-13-14-15-16-22-18-17-19(26-2)23-20(21)24(18)25/h17,25H,3-16H2,1-2H3,(H2,21,23). The summed E-state index contributed by atoms with van der Waals surface area (Å²) in [5.41, 5.74) is 5.99. The first kappa shape index (κ1) is 22.3. The van der Waals surface area contributed by atoms with Crippen molar-refractivity contribution in [3.8, 4) is 5.88 Å². The first-order valence-corrected chi connectivity index (χ1v) is 10.3. The van der Waals surface area contributed by atoms with Crippen LogP contribution in [0.15, 0.2) is 11.1 Å². The second-order valence-electron chi connectivity index (χ2n) is 6.95. The zero-order chi connectivity index (χ0) is 19.0. The minimum atomic E-state index is -0.0199. The van der Waals surface area contributed by atoms with E-state index >= 15 is 0 Å². The van der Waals surface area contributed by atoms with Crippen molar-refractivity contribution in [1.29, 1.82) is 0 Å². The summed E-state index contributed by atoms with van der Waals surface area (Å²) in [5.74, 6) is 0.338. The Labute approximate surface area is 158 Å². The van der Waals surface area contributed by atoms with Gasteiger partial charge in [0.2, 0.25) is 11.8 Å². The molecule has 0 bridgehead atoms. The molecule has 0 aliphatic carbocycles. The molecule has 1 rings (SSSR count). The van der Waals surface area contributed by atoms with E-state index in [1.165, 1.54) is 84.2 Å². The third-order valence-corrected chi connectivity index (χ3v) is 4.66. The number of methoxy groups -OCH3 is 1. The minimum Gasteiger partial charge on any atom is -0.481 e. The van der Waals surface area contributed by atoms with Crippen LogP contribution < -0.4 is 16.0 Å². The van der Waals surface area contributed by atoms with Crippen molar-refractivity contribution in [3.63, 3.8) is 0 Å². The van der Waals surface area contributed by atoms with Gasteiger partial charge < -0.3 is 15.7 Å². The summed E-state index contributed by atoms with van der Waals surface area (Å²) in [6.07, 6.45) is 17.2. The lowest BCUT2D eigenvalue weighted by molar-refractivity contribution is 0.173. The monoisotopic (exact) mass is 366 g/mol. The number of nitrogens with zero attached hydrogens (tertiary/aromatic N) is 3. The average molecular weight is 367 g/mol. The summed E-state index contributed by atoms with van der Waals surface area (Å²) in [5, 5.41) is 9.80. The molecule has 6 heteroatoms. The number of hydrogen-bond acceptors (Lipinski definition) is 5. The molecule has 0 aliphatic rings. The maximum atomic E-state index is 9.80. The molecule has 0 aliphatic heterocycles. The second-order valence-corrected chi connectivity index (χ2v) is 6.95. The summed E-state index contributed by atoms with van der Waals surface area (Å²) in [6.45, 7) is 2.94. The number of anilines is 1. The van der Waals surface area contributed by atoms with Gasteiger partial charge in [-0.05, 0) is 6.42 Å². The summed E-state index contributed by atoms with van der Waals surface area (Å²) >= 11 is 0. The van der Waals surface area contributed by atoms with Crippen LogP contribution in [-0.2, 0) is 0 Å². The third kappa shape index (κ3) is 9.68. The van der Waals surface area contributed by atoms with Gasteiger partial charge >= 0.3 is 0 Å². The molecule has 0 amide bonds. The zero-order valence-corrected chi connectivity index (χ0v) is 16.8. The quantitative estimate of drug-likeness (QED) is 0.348. The molecule has 0 saturated carbocycles. The fourth-order valence-corrected chi connectivity index (χ4v) is 3.02. The summed E-state index contributed by atoms with van der Waals surface area (Å²) in [6, 6.07) is 1.58. The molecule has 150 valence electrons. The van der Waals surface area contributed by atoms with Gasteiger partial charge in [-0.1, -0.05) is 84.0 Å². The van der Waals surface area contributed by atoms with Crippen molar-refractivity contribution >= 4 is 5.95 Å². The Morgan fingerprint density at radius 2 is 1.46 bits per heavy atom. The smallest absolute Gasteiger partial charge is 0.239 e. The van der Waals surface area contributed by atoms with E-state index in [-0.39, 0.29) is 5.95 Å². The number of aromatic nitrogens is 2. The van der Waals surface area contributed by atoms with E-state index in [1.807, 2.05) is 0 Å². The van der Waals surface area contributed by atoms with Crippen LogP contribution in [-0.4, -0.2) is 28.6 Å². The molecule has 0 fully saturated rings. The lowest BCUT2D eigenvalue weighted by Gasteiger charge is -2.05. The van der Waals surface area contributed by atoms with E-state index in [0.717, 1.165) is 11.2 Å². The first-order chi connectivity index (χ1) is 12.7. The molecule has 1 aromatic heterocycles. The van der Waals surface area contributed by atoms with Gasteiger partial charge in [0, 0.05) is 12.6 Å². The zero-order valence-electron chi connectivity index (χ0n) is 16.8. The number of rotatable bonds is 15. The van der Waals surface area contributed by atoms with Gasteiger partial charge in [0.1, 0.15) is 0 Å². The van der Waals surface area contributed by atoms with Crippen LogP contribution in [0.4, 0.5) is 5.95 Å². The molecular formula is C20H38N4O2. The SMILES string of the molecule is CCCCCCCCCCCCCCCN=c1cc(OC)nc(N)n1O. The van der Waals surface area contributed by atoms with E-state index in [1.54, 1.807) is 6.07 Å². The normalized spacial score (nSPS) is 11.8. The van der Waals surface area contributed by atoms with E-state index in [2.05, 4.69) is 16.9 Å². The summed E-state index contributed by atoms with van der Waals surface area (Å²) < 4.78 is 5.84. The van der Waals surface area contributed by atoms with Crippen LogP contribution in [0, 0.1) is 0 Å². The molecule has 6 nitrogen and oxygen atoms in total. The highest BCUT2D eigenvalue weighted by molar-refractivity contribution is 5.21. The van der Waals surface area contributed by atoms with Gasteiger partial charge in [-0.25, -0.2) is 0 Å². The summed E-state index contributed by atoms with van der Waals surface area (Å²) in [7, 11) is 1.51. The van der Waals surface area contributed by atoms with Crippen molar-refractivity contribution in [2.75, 3.05) is 19.4 Å². The Morgan fingerprint density at radius 3 is 1.96 bits per heavy atom. The Hall–Kier alpha value is -1.72. The van der Waals surface area contributed by atoms with Crippen molar-refractivity contribution in [2.24, 2.45) is 4.99 Å². The lowest BCUT2D eigenvalue weighted by atomic mass is 10.0. The largest absolute Gasteiger partial charge is 0.481 e. The molecule has 0 saturated heterocycles. The molecule has 1 heterocycles. The van der Waals surface area contributed by atoms with Crippen molar-refractivity contribution in [2.45, 2.75) is 90.4 Å². The van der Waals surface area contributed by atoms with Crippen LogP contribution in [0.5, 0.6) is 5.88 Å². The number of hydrogen-bond donors (Lipinski definition) is 2. The molecular weight excluding hydrogens is 328 g/mol.